The van der Waals surface area contributed by atoms with Gasteiger partial charge in [-0.05, 0) is 41.6 Å². The number of thiocarbonyl (C=S) groups is 1. The van der Waals surface area contributed by atoms with Crippen LogP contribution in [0.3, 0.4) is 0 Å². The Balaban J connectivity index is 1.77. The minimum Gasteiger partial charge on any atom is -0.502 e. The van der Waals surface area contributed by atoms with Crippen LogP contribution in [0.25, 0.3) is 6.08 Å². The molecule has 150 valence electrons. The standard InChI is InChI=1S/C20H18N2O5S2/c1-26-14-8-13(9-15(27-2)18(14)24)10-16-19(25)22(20(28)29-16)21-17(23)11-12-6-4-3-5-7-12/h3-10,24H,11H2,1-2H3,(H,21,23). The number of hydrogen-bond donors (Lipinski definition) is 2. The summed E-state index contributed by atoms with van der Waals surface area (Å²) in [5, 5.41) is 11.1. The number of hydrogen-bond acceptors (Lipinski definition) is 7. The van der Waals surface area contributed by atoms with Crippen molar-refractivity contribution >= 4 is 46.2 Å². The Morgan fingerprint density at radius 1 is 1.21 bits per heavy atom. The third-order valence-corrected chi connectivity index (χ3v) is 5.34. The number of methoxy groups -OCH3 is 2. The summed E-state index contributed by atoms with van der Waals surface area (Å²) in [6.07, 6.45) is 1.72. The van der Waals surface area contributed by atoms with Gasteiger partial charge in [0.15, 0.2) is 15.8 Å². The van der Waals surface area contributed by atoms with E-state index in [9.17, 15) is 14.7 Å². The van der Waals surface area contributed by atoms with Crippen molar-refractivity contribution < 1.29 is 24.2 Å². The molecule has 0 saturated carbocycles. The Morgan fingerprint density at radius 2 is 1.83 bits per heavy atom. The van der Waals surface area contributed by atoms with Gasteiger partial charge in [-0.2, -0.15) is 5.01 Å². The molecule has 0 unspecified atom stereocenters. The van der Waals surface area contributed by atoms with Crippen molar-refractivity contribution in [3.05, 3.63) is 58.5 Å². The number of hydrazine groups is 1. The van der Waals surface area contributed by atoms with Crippen molar-refractivity contribution in [1.29, 1.82) is 0 Å². The molecule has 1 aliphatic rings. The predicted octanol–water partition coefficient (Wildman–Crippen LogP) is 2.88. The third kappa shape index (κ3) is 4.69. The first-order valence-electron chi connectivity index (χ1n) is 8.49. The Bertz CT molecular complexity index is 967. The van der Waals surface area contributed by atoms with Gasteiger partial charge >= 0.3 is 0 Å². The number of phenols is 1. The van der Waals surface area contributed by atoms with Gasteiger partial charge in [-0.3, -0.25) is 15.0 Å². The summed E-state index contributed by atoms with van der Waals surface area (Å²) in [6.45, 7) is 0. The summed E-state index contributed by atoms with van der Waals surface area (Å²) in [7, 11) is 2.83. The van der Waals surface area contributed by atoms with Crippen molar-refractivity contribution in [2.24, 2.45) is 0 Å². The van der Waals surface area contributed by atoms with E-state index in [2.05, 4.69) is 5.43 Å². The lowest BCUT2D eigenvalue weighted by atomic mass is 10.1. The molecule has 0 aliphatic carbocycles. The highest BCUT2D eigenvalue weighted by molar-refractivity contribution is 8.26. The van der Waals surface area contributed by atoms with E-state index in [0.29, 0.717) is 10.5 Å². The second-order valence-corrected chi connectivity index (χ2v) is 7.66. The number of rotatable bonds is 6. The van der Waals surface area contributed by atoms with Gasteiger partial charge in [-0.25, -0.2) is 0 Å². The molecule has 3 rings (SSSR count). The average molecular weight is 431 g/mol. The Hall–Kier alpha value is -3.04. The summed E-state index contributed by atoms with van der Waals surface area (Å²) >= 11 is 6.30. The monoisotopic (exact) mass is 430 g/mol. The van der Waals surface area contributed by atoms with E-state index in [1.54, 1.807) is 18.2 Å². The molecule has 0 atom stereocenters. The number of ether oxygens (including phenoxy) is 2. The first kappa shape index (κ1) is 20.7. The maximum Gasteiger partial charge on any atom is 0.285 e. The van der Waals surface area contributed by atoms with E-state index in [4.69, 9.17) is 21.7 Å². The maximum atomic E-state index is 12.7. The van der Waals surface area contributed by atoms with E-state index in [1.807, 2.05) is 30.3 Å². The molecule has 2 aromatic rings. The summed E-state index contributed by atoms with van der Waals surface area (Å²) in [5.41, 5.74) is 3.95. The van der Waals surface area contributed by atoms with Crippen LogP contribution in [0.15, 0.2) is 47.4 Å². The number of benzene rings is 2. The van der Waals surface area contributed by atoms with Crippen LogP contribution in [0.4, 0.5) is 0 Å². The summed E-state index contributed by atoms with van der Waals surface area (Å²) < 4.78 is 10.5. The molecule has 0 aromatic heterocycles. The second kappa shape index (κ2) is 8.97. The van der Waals surface area contributed by atoms with Crippen LogP contribution >= 0.6 is 24.0 Å². The molecule has 1 saturated heterocycles. The summed E-state index contributed by atoms with van der Waals surface area (Å²) in [6, 6.07) is 12.3. The minimum atomic E-state index is -0.438. The lowest BCUT2D eigenvalue weighted by Crippen LogP contribution is -2.45. The van der Waals surface area contributed by atoms with Gasteiger partial charge in [0.05, 0.1) is 25.5 Å². The molecule has 0 radical (unpaired) electrons. The van der Waals surface area contributed by atoms with Crippen LogP contribution in [0.1, 0.15) is 11.1 Å². The molecular weight excluding hydrogens is 412 g/mol. The van der Waals surface area contributed by atoms with Crippen molar-refractivity contribution in [1.82, 2.24) is 10.4 Å². The first-order valence-corrected chi connectivity index (χ1v) is 9.71. The Morgan fingerprint density at radius 3 is 2.41 bits per heavy atom. The topological polar surface area (TPSA) is 88.1 Å². The van der Waals surface area contributed by atoms with Crippen molar-refractivity contribution in [2.75, 3.05) is 14.2 Å². The van der Waals surface area contributed by atoms with Crippen LogP contribution in [0.5, 0.6) is 17.2 Å². The van der Waals surface area contributed by atoms with E-state index in [0.717, 1.165) is 22.3 Å². The fraction of sp³-hybridized carbons (Fsp3) is 0.150. The van der Waals surface area contributed by atoms with Crippen molar-refractivity contribution in [2.45, 2.75) is 6.42 Å². The smallest absolute Gasteiger partial charge is 0.285 e. The zero-order chi connectivity index (χ0) is 21.0. The van der Waals surface area contributed by atoms with Gasteiger partial charge in [-0.15, -0.1) is 0 Å². The average Bonchev–Trinajstić information content (AvgIpc) is 2.97. The molecule has 9 heteroatoms. The zero-order valence-electron chi connectivity index (χ0n) is 15.7. The fourth-order valence-corrected chi connectivity index (χ4v) is 3.84. The SMILES string of the molecule is COc1cc(C=C2SC(=S)N(NC(=O)Cc3ccccc3)C2=O)cc(OC)c1O. The van der Waals surface area contributed by atoms with Gasteiger partial charge in [0.1, 0.15) is 0 Å². The molecule has 2 N–H and O–H groups in total. The molecular formula is C20H18N2O5S2. The van der Waals surface area contributed by atoms with Crippen LogP contribution in [-0.2, 0) is 16.0 Å². The molecule has 0 bridgehead atoms. The van der Waals surface area contributed by atoms with Crippen LogP contribution in [-0.4, -0.2) is 40.5 Å². The Labute approximate surface area is 177 Å². The molecule has 1 fully saturated rings. The number of amides is 2. The number of carbonyl (C=O) groups excluding carboxylic acids is 2. The maximum absolute atomic E-state index is 12.7. The number of carbonyl (C=O) groups is 2. The lowest BCUT2D eigenvalue weighted by Gasteiger charge is -2.15. The van der Waals surface area contributed by atoms with Crippen LogP contribution < -0.4 is 14.9 Å². The van der Waals surface area contributed by atoms with Crippen LogP contribution in [0.2, 0.25) is 0 Å². The van der Waals surface area contributed by atoms with Gasteiger partial charge in [0, 0.05) is 0 Å². The van der Waals surface area contributed by atoms with Gasteiger partial charge < -0.3 is 14.6 Å². The zero-order valence-corrected chi connectivity index (χ0v) is 17.3. The lowest BCUT2D eigenvalue weighted by molar-refractivity contribution is -0.132. The van der Waals surface area contributed by atoms with E-state index in [-0.39, 0.29) is 33.9 Å². The van der Waals surface area contributed by atoms with E-state index >= 15 is 0 Å². The first-order chi connectivity index (χ1) is 13.9. The normalized spacial score (nSPS) is 15.0. The second-order valence-electron chi connectivity index (χ2n) is 5.99. The molecule has 7 nitrogen and oxygen atoms in total. The fourth-order valence-electron chi connectivity index (χ4n) is 2.66. The summed E-state index contributed by atoms with van der Waals surface area (Å²) in [5.74, 6) is -0.494. The number of aromatic hydroxyl groups is 1. The Kier molecular flexibility index (Phi) is 6.40. The van der Waals surface area contributed by atoms with Crippen molar-refractivity contribution in [3.63, 3.8) is 0 Å². The quantitative estimate of drug-likeness (QED) is 0.538. The van der Waals surface area contributed by atoms with Crippen molar-refractivity contribution in [3.8, 4) is 17.2 Å². The van der Waals surface area contributed by atoms with Gasteiger partial charge in [-0.1, -0.05) is 42.1 Å². The number of phenolic OH excluding ortho intramolecular Hbond substituents is 1. The predicted molar refractivity (Wildman–Crippen MR) is 115 cm³/mol. The van der Waals surface area contributed by atoms with Crippen LogP contribution in [0, 0.1) is 0 Å². The highest BCUT2D eigenvalue weighted by atomic mass is 32.2. The van der Waals surface area contributed by atoms with E-state index < -0.39 is 5.91 Å². The van der Waals surface area contributed by atoms with Gasteiger partial charge in [0.2, 0.25) is 11.7 Å². The molecule has 2 aromatic carbocycles. The third-order valence-electron chi connectivity index (χ3n) is 4.04. The molecule has 1 heterocycles. The molecule has 1 aliphatic heterocycles. The highest BCUT2D eigenvalue weighted by Crippen LogP contribution is 2.39. The highest BCUT2D eigenvalue weighted by Gasteiger charge is 2.33. The molecule has 0 spiro atoms. The number of nitrogens with zero attached hydrogens (tertiary/aromatic N) is 1. The van der Waals surface area contributed by atoms with E-state index in [1.165, 1.54) is 14.2 Å². The largest absolute Gasteiger partial charge is 0.502 e. The molecule has 29 heavy (non-hydrogen) atoms. The molecule has 2 amide bonds. The number of thioether (sulfide) groups is 1. The van der Waals surface area contributed by atoms with Gasteiger partial charge in [0.25, 0.3) is 5.91 Å². The minimum absolute atomic E-state index is 0.128. The summed E-state index contributed by atoms with van der Waals surface area (Å²) in [4.78, 5) is 25.3. The number of nitrogens with one attached hydrogen (secondary N) is 1.